The molecule has 1 heterocycles. The monoisotopic (exact) mass is 939 g/mol. The smallest absolute Gasteiger partial charge is 0.328 e. The van der Waals surface area contributed by atoms with Crippen molar-refractivity contribution < 1.29 is 53.3 Å². The van der Waals surface area contributed by atoms with E-state index in [2.05, 4.69) is 36.9 Å². The van der Waals surface area contributed by atoms with Crippen molar-refractivity contribution in [3.63, 3.8) is 0 Å². The van der Waals surface area contributed by atoms with Gasteiger partial charge in [0.15, 0.2) is 5.96 Å². The number of ether oxygens (including phenoxy) is 1. The van der Waals surface area contributed by atoms with Crippen LogP contribution in [0.5, 0.6) is 0 Å². The molecule has 1 aliphatic rings. The normalized spacial score (nSPS) is 24.1. The number of nitrogens with two attached hydrogens (primary N) is 3. The van der Waals surface area contributed by atoms with Gasteiger partial charge in [-0.1, -0.05) is 105 Å². The summed E-state index contributed by atoms with van der Waals surface area (Å²) in [5.74, 6) is -8.03. The van der Waals surface area contributed by atoms with Crippen LogP contribution in [0.15, 0.2) is 4.99 Å². The molecule has 0 aromatic carbocycles. The third-order valence-electron chi connectivity index (χ3n) is 11.5. The summed E-state index contributed by atoms with van der Waals surface area (Å²) in [4.78, 5) is 111. The van der Waals surface area contributed by atoms with Gasteiger partial charge >= 0.3 is 5.97 Å². The van der Waals surface area contributed by atoms with Gasteiger partial charge in [-0.15, -0.1) is 0 Å². The number of aliphatic hydroxyl groups excluding tert-OH is 2. The highest BCUT2D eigenvalue weighted by atomic mass is 16.5. The van der Waals surface area contributed by atoms with E-state index in [0.29, 0.717) is 25.8 Å². The van der Waals surface area contributed by atoms with Crippen molar-refractivity contribution in [1.82, 2.24) is 31.9 Å². The number of primary amides is 1. The van der Waals surface area contributed by atoms with Gasteiger partial charge < -0.3 is 64.1 Å². The van der Waals surface area contributed by atoms with Crippen molar-refractivity contribution in [3.8, 4) is 0 Å². The Morgan fingerprint density at radius 3 is 1.70 bits per heavy atom. The number of amides is 7. The van der Waals surface area contributed by atoms with Crippen LogP contribution in [0.4, 0.5) is 0 Å². The molecule has 0 bridgehead atoms. The zero-order chi connectivity index (χ0) is 49.9. The molecule has 21 nitrogen and oxygen atoms in total. The quantitative estimate of drug-likeness (QED) is 0.0254. The Balaban J connectivity index is 3.17. The van der Waals surface area contributed by atoms with E-state index in [1.807, 2.05) is 0 Å². The number of carbonyl (C=O) groups excluding carboxylic acids is 8. The SMILES string of the molecule is CCC(C)C1NC(=O)C(CC(C)C)NC(=O)C(NC(=O)CC(O)CCCCCCCCCCCCCCN=C(N)N)C(C)OC(=O)C(C)NC(=O)C(CC(N)=O)NC(=O)C(C(C)O)NC1=O. The Labute approximate surface area is 390 Å². The molecule has 1 saturated heterocycles. The summed E-state index contributed by atoms with van der Waals surface area (Å²) >= 11 is 0. The maximum atomic E-state index is 14.1. The number of aliphatic imine (C=N–C) groups is 1. The highest BCUT2D eigenvalue weighted by Gasteiger charge is 2.38. The van der Waals surface area contributed by atoms with Crippen LogP contribution in [0.2, 0.25) is 0 Å². The van der Waals surface area contributed by atoms with Gasteiger partial charge in [0, 0.05) is 6.54 Å². The predicted octanol–water partition coefficient (Wildman–Crippen LogP) is 0.304. The molecule has 66 heavy (non-hydrogen) atoms. The molecule has 378 valence electrons. The van der Waals surface area contributed by atoms with Gasteiger partial charge in [-0.25, -0.2) is 4.79 Å². The molecule has 0 saturated carbocycles. The number of hydrogen-bond acceptors (Lipinski definition) is 12. The van der Waals surface area contributed by atoms with Gasteiger partial charge in [-0.2, -0.15) is 0 Å². The van der Waals surface area contributed by atoms with Crippen LogP contribution in [0.3, 0.4) is 0 Å². The fraction of sp³-hybridized carbons (Fsp3) is 0.800. The largest absolute Gasteiger partial charge is 0.458 e. The first kappa shape index (κ1) is 59.0. The van der Waals surface area contributed by atoms with E-state index in [4.69, 9.17) is 21.9 Å². The first-order valence-corrected chi connectivity index (χ1v) is 23.8. The Kier molecular flexibility index (Phi) is 28.4. The number of guanidine groups is 1. The highest BCUT2D eigenvalue weighted by molar-refractivity contribution is 5.98. The summed E-state index contributed by atoms with van der Waals surface area (Å²) in [6.07, 6.45) is 8.45. The molecule has 21 heteroatoms. The minimum absolute atomic E-state index is 0.0760. The van der Waals surface area contributed by atoms with Gasteiger partial charge in [-0.05, 0) is 51.9 Å². The second-order valence-electron chi connectivity index (χ2n) is 18.1. The third-order valence-corrected chi connectivity index (χ3v) is 11.5. The molecular formula is C45H82N10O11. The average Bonchev–Trinajstić information content (AvgIpc) is 3.22. The molecule has 0 aliphatic carbocycles. The maximum absolute atomic E-state index is 14.1. The predicted molar refractivity (Wildman–Crippen MR) is 249 cm³/mol. The summed E-state index contributed by atoms with van der Waals surface area (Å²) in [7, 11) is 0. The highest BCUT2D eigenvalue weighted by Crippen LogP contribution is 2.16. The van der Waals surface area contributed by atoms with Gasteiger partial charge in [0.25, 0.3) is 0 Å². The summed E-state index contributed by atoms with van der Waals surface area (Å²) < 4.78 is 5.57. The number of carbonyl (C=O) groups is 8. The van der Waals surface area contributed by atoms with Gasteiger partial charge in [0.2, 0.25) is 41.4 Å². The Hall–Kier alpha value is -5.05. The number of rotatable bonds is 25. The van der Waals surface area contributed by atoms with Gasteiger partial charge in [0.05, 0.1) is 25.0 Å². The summed E-state index contributed by atoms with van der Waals surface area (Å²) in [5, 5.41) is 36.2. The van der Waals surface area contributed by atoms with E-state index in [9.17, 15) is 48.6 Å². The average molecular weight is 939 g/mol. The van der Waals surface area contributed by atoms with Crippen molar-refractivity contribution in [3.05, 3.63) is 0 Å². The lowest BCUT2D eigenvalue weighted by atomic mass is 9.96. The van der Waals surface area contributed by atoms with Crippen LogP contribution < -0.4 is 49.1 Å². The van der Waals surface area contributed by atoms with Crippen LogP contribution in [-0.2, 0) is 43.1 Å². The molecule has 1 aliphatic heterocycles. The molecule has 10 atom stereocenters. The van der Waals surface area contributed by atoms with Crippen LogP contribution in [0, 0.1) is 11.8 Å². The molecule has 0 spiro atoms. The number of aliphatic hydroxyl groups is 2. The fourth-order valence-electron chi connectivity index (χ4n) is 7.38. The fourth-order valence-corrected chi connectivity index (χ4v) is 7.38. The standard InChI is InChI=1S/C45H82N10O11/c1-8-27(4)36-41(62)55-37(29(6)56)42(63)52-33(25-34(46)58)39(60)50-28(5)44(65)66-30(7)38(43(64)51-32(23-26(2)3)40(61)54-36)53-35(59)24-31(57)21-19-17-15-13-11-9-10-12-14-16-18-20-22-49-45(47)48/h26-33,36-38,56-57H,8-25H2,1-7H3,(H2,46,58)(H,50,60)(H,51,64)(H,52,63)(H,53,59)(H,54,61)(H,55,62)(H4,47,48,49). The van der Waals surface area contributed by atoms with Crippen molar-refractivity contribution in [1.29, 1.82) is 0 Å². The molecule has 14 N–H and O–H groups in total. The van der Waals surface area contributed by atoms with Crippen molar-refractivity contribution >= 4 is 53.3 Å². The van der Waals surface area contributed by atoms with E-state index in [0.717, 1.165) is 44.9 Å². The Morgan fingerprint density at radius 1 is 0.682 bits per heavy atom. The van der Waals surface area contributed by atoms with E-state index < -0.39 is 114 Å². The molecule has 7 amide bonds. The van der Waals surface area contributed by atoms with Crippen LogP contribution >= 0.6 is 0 Å². The lowest BCUT2D eigenvalue weighted by molar-refractivity contribution is -0.155. The first-order valence-electron chi connectivity index (χ1n) is 23.8. The van der Waals surface area contributed by atoms with E-state index in [1.54, 1.807) is 27.7 Å². The molecule has 0 aromatic rings. The lowest BCUT2D eigenvalue weighted by Crippen LogP contribution is -2.62. The van der Waals surface area contributed by atoms with Gasteiger partial charge in [-0.3, -0.25) is 38.6 Å². The number of esters is 1. The summed E-state index contributed by atoms with van der Waals surface area (Å²) in [6.45, 7) is 11.5. The molecule has 1 fully saturated rings. The van der Waals surface area contributed by atoms with Crippen molar-refractivity contribution in [2.75, 3.05) is 6.54 Å². The first-order chi connectivity index (χ1) is 31.1. The number of nitrogens with one attached hydrogen (secondary N) is 6. The molecule has 0 radical (unpaired) electrons. The van der Waals surface area contributed by atoms with Crippen LogP contribution in [0.1, 0.15) is 158 Å². The minimum atomic E-state index is -1.68. The van der Waals surface area contributed by atoms with E-state index in [1.165, 1.54) is 46.5 Å². The Morgan fingerprint density at radius 2 is 1.18 bits per heavy atom. The number of nitrogens with zero attached hydrogens (tertiary/aromatic N) is 1. The second kappa shape index (κ2) is 31.8. The molecular weight excluding hydrogens is 857 g/mol. The Bertz CT molecular complexity index is 1590. The third kappa shape index (κ3) is 23.9. The lowest BCUT2D eigenvalue weighted by Gasteiger charge is -2.30. The van der Waals surface area contributed by atoms with Crippen LogP contribution in [-0.4, -0.2) is 125 Å². The number of hydrogen-bond donors (Lipinski definition) is 11. The minimum Gasteiger partial charge on any atom is -0.458 e. The second-order valence-corrected chi connectivity index (χ2v) is 18.1. The number of cyclic esters (lactones) is 1. The van der Waals surface area contributed by atoms with E-state index >= 15 is 0 Å². The van der Waals surface area contributed by atoms with Crippen LogP contribution in [0.25, 0.3) is 0 Å². The molecule has 0 aromatic heterocycles. The summed E-state index contributed by atoms with van der Waals surface area (Å²) in [6, 6.07) is -8.94. The van der Waals surface area contributed by atoms with Crippen molar-refractivity contribution in [2.24, 2.45) is 34.0 Å². The molecule has 1 rings (SSSR count). The van der Waals surface area contributed by atoms with E-state index in [-0.39, 0.29) is 24.7 Å². The zero-order valence-electron chi connectivity index (χ0n) is 40.3. The number of unbranched alkanes of at least 4 members (excludes halogenated alkanes) is 11. The summed E-state index contributed by atoms with van der Waals surface area (Å²) in [5.41, 5.74) is 16.0. The molecule has 10 unspecified atom stereocenters. The van der Waals surface area contributed by atoms with Crippen molar-refractivity contribution in [2.45, 2.75) is 212 Å². The zero-order valence-corrected chi connectivity index (χ0v) is 40.3. The maximum Gasteiger partial charge on any atom is 0.328 e. The van der Waals surface area contributed by atoms with Gasteiger partial charge in [0.1, 0.15) is 42.4 Å². The topological polar surface area (TPSA) is 349 Å².